The van der Waals surface area contributed by atoms with Crippen LogP contribution in [0.25, 0.3) is 0 Å². The highest BCUT2D eigenvalue weighted by Crippen LogP contribution is 2.20. The van der Waals surface area contributed by atoms with E-state index in [0.717, 1.165) is 5.56 Å². The third kappa shape index (κ3) is 4.52. The summed E-state index contributed by atoms with van der Waals surface area (Å²) in [6.07, 6.45) is 5.23. The van der Waals surface area contributed by atoms with Crippen molar-refractivity contribution in [3.8, 4) is 0 Å². The molecule has 0 saturated carbocycles. The molecule has 1 amide bonds. The van der Waals surface area contributed by atoms with Crippen molar-refractivity contribution in [2.45, 2.75) is 13.1 Å². The van der Waals surface area contributed by atoms with E-state index in [4.69, 9.17) is 11.6 Å². The van der Waals surface area contributed by atoms with Crippen LogP contribution < -0.4 is 5.32 Å². The Morgan fingerprint density at radius 1 is 1.03 bits per heavy atom. The summed E-state index contributed by atoms with van der Waals surface area (Å²) in [7, 11) is 0. The number of nitrogens with zero attached hydrogens (tertiary/aromatic N) is 4. The Morgan fingerprint density at radius 2 is 1.90 bits per heavy atom. The second-order valence-corrected chi connectivity index (χ2v) is 6.86. The van der Waals surface area contributed by atoms with Crippen molar-refractivity contribution in [2.24, 2.45) is 0 Å². The summed E-state index contributed by atoms with van der Waals surface area (Å²) in [5.41, 5.74) is 1.82. The standard InChI is InChI=1S/C21H17ClFN5O/c22-18-6-2-7-19(23)17(18)14-28-11-8-20(26-28)25-21(29)16-5-1-4-15(12-16)13-27-10-3-9-24-27/h1-12H,13-14H2,(H,25,26,29). The van der Waals surface area contributed by atoms with Crippen LogP contribution in [0.4, 0.5) is 10.2 Å². The molecule has 0 spiro atoms. The van der Waals surface area contributed by atoms with Crippen LogP contribution >= 0.6 is 11.6 Å². The molecular weight excluding hydrogens is 393 g/mol. The second-order valence-electron chi connectivity index (χ2n) is 6.46. The third-order valence-electron chi connectivity index (χ3n) is 4.36. The van der Waals surface area contributed by atoms with E-state index in [1.54, 1.807) is 41.3 Å². The first-order valence-corrected chi connectivity index (χ1v) is 9.30. The predicted octanol–water partition coefficient (Wildman–Crippen LogP) is 4.22. The summed E-state index contributed by atoms with van der Waals surface area (Å²) in [5.74, 6) is -0.297. The van der Waals surface area contributed by atoms with Crippen molar-refractivity contribution in [1.82, 2.24) is 19.6 Å². The van der Waals surface area contributed by atoms with Crippen LogP contribution in [0.2, 0.25) is 5.02 Å². The van der Waals surface area contributed by atoms with Gasteiger partial charge in [0.25, 0.3) is 5.91 Å². The van der Waals surface area contributed by atoms with E-state index in [9.17, 15) is 9.18 Å². The van der Waals surface area contributed by atoms with E-state index in [1.165, 1.54) is 10.7 Å². The minimum atomic E-state index is -0.396. The molecule has 0 unspecified atom stereocenters. The molecule has 0 aliphatic carbocycles. The molecule has 4 aromatic rings. The fourth-order valence-corrected chi connectivity index (χ4v) is 3.17. The Hall–Kier alpha value is -3.45. The van der Waals surface area contributed by atoms with Gasteiger partial charge in [-0.15, -0.1) is 0 Å². The first kappa shape index (κ1) is 18.9. The van der Waals surface area contributed by atoms with Crippen molar-refractivity contribution in [3.05, 3.63) is 101 Å². The third-order valence-corrected chi connectivity index (χ3v) is 4.71. The van der Waals surface area contributed by atoms with Crippen molar-refractivity contribution < 1.29 is 9.18 Å². The number of carbonyl (C=O) groups excluding carboxylic acids is 1. The number of hydrogen-bond donors (Lipinski definition) is 1. The molecule has 0 saturated heterocycles. The Morgan fingerprint density at radius 3 is 2.69 bits per heavy atom. The summed E-state index contributed by atoms with van der Waals surface area (Å²) in [5, 5.41) is 11.5. The molecule has 0 bridgehead atoms. The van der Waals surface area contributed by atoms with E-state index in [-0.39, 0.29) is 12.5 Å². The molecule has 29 heavy (non-hydrogen) atoms. The molecule has 0 atom stereocenters. The molecule has 4 rings (SSSR count). The first-order chi connectivity index (χ1) is 14.1. The van der Waals surface area contributed by atoms with Crippen molar-refractivity contribution in [3.63, 3.8) is 0 Å². The van der Waals surface area contributed by atoms with E-state index < -0.39 is 5.82 Å². The zero-order valence-electron chi connectivity index (χ0n) is 15.3. The number of anilines is 1. The average Bonchev–Trinajstić information content (AvgIpc) is 3.37. The second kappa shape index (κ2) is 8.28. The first-order valence-electron chi connectivity index (χ1n) is 8.92. The van der Waals surface area contributed by atoms with Crippen LogP contribution in [0.3, 0.4) is 0 Å². The maximum Gasteiger partial charge on any atom is 0.256 e. The lowest BCUT2D eigenvalue weighted by atomic mass is 10.1. The number of aromatic nitrogens is 4. The van der Waals surface area contributed by atoms with Gasteiger partial charge in [-0.05, 0) is 35.9 Å². The summed E-state index contributed by atoms with van der Waals surface area (Å²) in [4.78, 5) is 12.6. The lowest BCUT2D eigenvalue weighted by Gasteiger charge is -2.07. The van der Waals surface area contributed by atoms with Gasteiger partial charge in [0.05, 0.1) is 13.1 Å². The normalized spacial score (nSPS) is 10.8. The Labute approximate surface area is 171 Å². The number of nitrogens with one attached hydrogen (secondary N) is 1. The van der Waals surface area contributed by atoms with Gasteiger partial charge in [-0.1, -0.05) is 29.8 Å². The van der Waals surface area contributed by atoms with Gasteiger partial charge in [0.2, 0.25) is 0 Å². The van der Waals surface area contributed by atoms with Crippen LogP contribution in [-0.2, 0) is 13.1 Å². The number of benzene rings is 2. The van der Waals surface area contributed by atoms with E-state index in [0.29, 0.717) is 28.5 Å². The predicted molar refractivity (Wildman–Crippen MR) is 108 cm³/mol. The van der Waals surface area contributed by atoms with Crippen LogP contribution in [0.1, 0.15) is 21.5 Å². The molecule has 2 aromatic heterocycles. The van der Waals surface area contributed by atoms with Gasteiger partial charge in [0, 0.05) is 40.8 Å². The average molecular weight is 410 g/mol. The molecule has 1 N–H and O–H groups in total. The number of halogens is 2. The minimum Gasteiger partial charge on any atom is -0.305 e. The zero-order chi connectivity index (χ0) is 20.2. The number of hydrogen-bond acceptors (Lipinski definition) is 3. The molecule has 2 heterocycles. The van der Waals surface area contributed by atoms with Gasteiger partial charge in [-0.3, -0.25) is 14.2 Å². The smallest absolute Gasteiger partial charge is 0.256 e. The molecular formula is C21H17ClFN5O. The zero-order valence-corrected chi connectivity index (χ0v) is 16.1. The Balaban J connectivity index is 1.44. The number of carbonyl (C=O) groups is 1. The fourth-order valence-electron chi connectivity index (χ4n) is 2.94. The van der Waals surface area contributed by atoms with Crippen molar-refractivity contribution in [2.75, 3.05) is 5.32 Å². The van der Waals surface area contributed by atoms with Gasteiger partial charge >= 0.3 is 0 Å². The monoisotopic (exact) mass is 409 g/mol. The maximum atomic E-state index is 13.9. The van der Waals surface area contributed by atoms with Crippen LogP contribution in [-0.4, -0.2) is 25.5 Å². The molecule has 0 fully saturated rings. The van der Waals surface area contributed by atoms with Crippen molar-refractivity contribution >= 4 is 23.3 Å². The molecule has 146 valence electrons. The summed E-state index contributed by atoms with van der Waals surface area (Å²) in [6.45, 7) is 0.743. The van der Waals surface area contributed by atoms with Gasteiger partial charge < -0.3 is 5.32 Å². The molecule has 6 nitrogen and oxygen atoms in total. The summed E-state index contributed by atoms with van der Waals surface area (Å²) in [6, 6.07) is 15.3. The molecule has 0 aliphatic rings. The van der Waals surface area contributed by atoms with E-state index >= 15 is 0 Å². The van der Waals surface area contributed by atoms with E-state index in [1.807, 2.05) is 30.5 Å². The van der Waals surface area contributed by atoms with Crippen LogP contribution in [0.15, 0.2) is 73.2 Å². The van der Waals surface area contributed by atoms with Crippen LogP contribution in [0, 0.1) is 5.82 Å². The van der Waals surface area contributed by atoms with Gasteiger partial charge in [0.15, 0.2) is 5.82 Å². The minimum absolute atomic E-state index is 0.167. The van der Waals surface area contributed by atoms with Gasteiger partial charge in [-0.2, -0.15) is 10.2 Å². The Bertz CT molecular complexity index is 1120. The number of rotatable bonds is 6. The van der Waals surface area contributed by atoms with Gasteiger partial charge in [-0.25, -0.2) is 4.39 Å². The van der Waals surface area contributed by atoms with Crippen molar-refractivity contribution in [1.29, 1.82) is 0 Å². The van der Waals surface area contributed by atoms with Gasteiger partial charge in [0.1, 0.15) is 5.82 Å². The highest BCUT2D eigenvalue weighted by atomic mass is 35.5. The highest BCUT2D eigenvalue weighted by Gasteiger charge is 2.11. The quantitative estimate of drug-likeness (QED) is 0.518. The molecule has 8 heteroatoms. The fraction of sp³-hybridized carbons (Fsp3) is 0.0952. The topological polar surface area (TPSA) is 64.7 Å². The molecule has 0 aliphatic heterocycles. The summed E-state index contributed by atoms with van der Waals surface area (Å²) < 4.78 is 17.3. The summed E-state index contributed by atoms with van der Waals surface area (Å²) >= 11 is 6.06. The molecule has 0 radical (unpaired) electrons. The van der Waals surface area contributed by atoms with Crippen LogP contribution in [0.5, 0.6) is 0 Å². The number of amides is 1. The lowest BCUT2D eigenvalue weighted by Crippen LogP contribution is -2.13. The van der Waals surface area contributed by atoms with E-state index in [2.05, 4.69) is 15.5 Å². The SMILES string of the molecule is O=C(Nc1ccn(Cc2c(F)cccc2Cl)n1)c1cccc(Cn2cccn2)c1. The largest absolute Gasteiger partial charge is 0.305 e. The molecule has 2 aromatic carbocycles. The Kier molecular flexibility index (Phi) is 5.39. The highest BCUT2D eigenvalue weighted by molar-refractivity contribution is 6.31. The lowest BCUT2D eigenvalue weighted by molar-refractivity contribution is 0.102. The maximum absolute atomic E-state index is 13.9.